The summed E-state index contributed by atoms with van der Waals surface area (Å²) >= 11 is 0. The molecule has 1 aliphatic rings. The summed E-state index contributed by atoms with van der Waals surface area (Å²) in [5, 5.41) is 9.36. The third kappa shape index (κ3) is 1.93. The molecule has 19 heavy (non-hydrogen) atoms. The molecule has 0 amide bonds. The van der Waals surface area contributed by atoms with E-state index < -0.39 is 5.97 Å². The zero-order chi connectivity index (χ0) is 13.4. The predicted octanol–water partition coefficient (Wildman–Crippen LogP) is 2.76. The highest BCUT2D eigenvalue weighted by atomic mass is 16.4. The summed E-state index contributed by atoms with van der Waals surface area (Å²) < 4.78 is 1.97. The van der Waals surface area contributed by atoms with Crippen LogP contribution in [-0.4, -0.2) is 20.6 Å². The molecular formula is C15H16N2O2. The van der Waals surface area contributed by atoms with Crippen molar-refractivity contribution >= 4 is 5.97 Å². The van der Waals surface area contributed by atoms with E-state index in [0.29, 0.717) is 5.56 Å². The molecule has 0 radical (unpaired) electrons. The molecule has 1 N–H and O–H groups in total. The molecule has 0 bridgehead atoms. The number of carbonyl (C=O) groups is 1. The highest BCUT2D eigenvalue weighted by Gasteiger charge is 2.20. The minimum Gasteiger partial charge on any atom is -0.478 e. The molecule has 3 rings (SSSR count). The normalized spacial score (nSPS) is 14.2. The first-order chi connectivity index (χ1) is 9.18. The summed E-state index contributed by atoms with van der Waals surface area (Å²) in [5.41, 5.74) is 4.34. The maximum Gasteiger partial charge on any atom is 0.337 e. The summed E-state index contributed by atoms with van der Waals surface area (Å²) in [6, 6.07) is 5.38. The number of hydrogen-bond acceptors (Lipinski definition) is 2. The molecule has 1 aromatic carbocycles. The standard InChI is InChI=1S/C15H16N2O2/c1-10-5-4-6-11(15(18)19)14(10)17-9-16-12-7-2-3-8-13(12)17/h4-6,9H,2-3,7-8H2,1H3,(H,18,19). The molecule has 0 saturated carbocycles. The van der Waals surface area contributed by atoms with E-state index in [1.54, 1.807) is 18.5 Å². The van der Waals surface area contributed by atoms with Gasteiger partial charge < -0.3 is 9.67 Å². The van der Waals surface area contributed by atoms with Crippen molar-refractivity contribution in [3.63, 3.8) is 0 Å². The Morgan fingerprint density at radius 1 is 1.32 bits per heavy atom. The first-order valence-electron chi connectivity index (χ1n) is 6.57. The van der Waals surface area contributed by atoms with Gasteiger partial charge in [-0.2, -0.15) is 0 Å². The number of carboxylic acids is 1. The number of aromatic nitrogens is 2. The van der Waals surface area contributed by atoms with Crippen LogP contribution in [0.4, 0.5) is 0 Å². The van der Waals surface area contributed by atoms with Crippen molar-refractivity contribution in [2.24, 2.45) is 0 Å². The maximum absolute atomic E-state index is 11.4. The summed E-state index contributed by atoms with van der Waals surface area (Å²) in [7, 11) is 0. The quantitative estimate of drug-likeness (QED) is 0.898. The third-order valence-corrected chi connectivity index (χ3v) is 3.74. The van der Waals surface area contributed by atoms with Gasteiger partial charge in [0.25, 0.3) is 0 Å². The average molecular weight is 256 g/mol. The molecule has 98 valence electrons. The average Bonchev–Trinajstić information content (AvgIpc) is 2.82. The van der Waals surface area contributed by atoms with Gasteiger partial charge in [-0.05, 0) is 44.2 Å². The molecule has 0 spiro atoms. The molecule has 0 unspecified atom stereocenters. The second-order valence-electron chi connectivity index (χ2n) is 4.99. The molecule has 4 heteroatoms. The van der Waals surface area contributed by atoms with Crippen LogP contribution < -0.4 is 0 Å². The molecule has 1 heterocycles. The Kier molecular flexibility index (Phi) is 2.85. The minimum absolute atomic E-state index is 0.339. The van der Waals surface area contributed by atoms with Gasteiger partial charge in [0, 0.05) is 5.69 Å². The van der Waals surface area contributed by atoms with E-state index in [4.69, 9.17) is 0 Å². The smallest absolute Gasteiger partial charge is 0.337 e. The van der Waals surface area contributed by atoms with E-state index >= 15 is 0 Å². The van der Waals surface area contributed by atoms with Crippen molar-refractivity contribution in [3.05, 3.63) is 47.0 Å². The van der Waals surface area contributed by atoms with Crippen molar-refractivity contribution in [2.75, 3.05) is 0 Å². The molecule has 0 atom stereocenters. The van der Waals surface area contributed by atoms with Crippen LogP contribution in [0.2, 0.25) is 0 Å². The number of hydrogen-bond donors (Lipinski definition) is 1. The zero-order valence-corrected chi connectivity index (χ0v) is 10.9. The van der Waals surface area contributed by atoms with Gasteiger partial charge in [-0.3, -0.25) is 0 Å². The Morgan fingerprint density at radius 2 is 2.11 bits per heavy atom. The molecule has 1 aliphatic carbocycles. The van der Waals surface area contributed by atoms with Crippen LogP contribution in [0.3, 0.4) is 0 Å². The molecule has 2 aromatic rings. The fraction of sp³-hybridized carbons (Fsp3) is 0.333. The number of para-hydroxylation sites is 1. The van der Waals surface area contributed by atoms with E-state index in [1.165, 1.54) is 12.1 Å². The van der Waals surface area contributed by atoms with Gasteiger partial charge in [0.15, 0.2) is 0 Å². The second kappa shape index (κ2) is 4.53. The van der Waals surface area contributed by atoms with E-state index in [9.17, 15) is 9.90 Å². The lowest BCUT2D eigenvalue weighted by Crippen LogP contribution is -2.11. The Hall–Kier alpha value is -2.10. The minimum atomic E-state index is -0.892. The predicted molar refractivity (Wildman–Crippen MR) is 71.9 cm³/mol. The van der Waals surface area contributed by atoms with Crippen LogP contribution in [0.5, 0.6) is 0 Å². The summed E-state index contributed by atoms with van der Waals surface area (Å²) in [6.07, 6.45) is 6.06. The van der Waals surface area contributed by atoms with Gasteiger partial charge in [0.1, 0.15) is 0 Å². The van der Waals surface area contributed by atoms with E-state index in [2.05, 4.69) is 4.98 Å². The number of imidazole rings is 1. The lowest BCUT2D eigenvalue weighted by molar-refractivity contribution is 0.0697. The van der Waals surface area contributed by atoms with Crippen LogP contribution in [-0.2, 0) is 12.8 Å². The van der Waals surface area contributed by atoms with Crippen LogP contribution in [0, 0.1) is 6.92 Å². The van der Waals surface area contributed by atoms with Gasteiger partial charge in [0.2, 0.25) is 0 Å². The first-order valence-corrected chi connectivity index (χ1v) is 6.57. The van der Waals surface area contributed by atoms with Crippen molar-refractivity contribution < 1.29 is 9.90 Å². The maximum atomic E-state index is 11.4. The lowest BCUT2D eigenvalue weighted by Gasteiger charge is -2.17. The summed E-state index contributed by atoms with van der Waals surface area (Å²) in [6.45, 7) is 1.94. The Bertz CT molecular complexity index is 644. The molecule has 0 saturated heterocycles. The number of aromatic carboxylic acids is 1. The highest BCUT2D eigenvalue weighted by molar-refractivity contribution is 5.92. The van der Waals surface area contributed by atoms with Gasteiger partial charge in [-0.15, -0.1) is 0 Å². The highest BCUT2D eigenvalue weighted by Crippen LogP contribution is 2.27. The SMILES string of the molecule is Cc1cccc(C(=O)O)c1-n1cnc2c1CCCC2. The first kappa shape index (κ1) is 12.0. The van der Waals surface area contributed by atoms with E-state index in [1.807, 2.05) is 17.6 Å². The Morgan fingerprint density at radius 3 is 2.89 bits per heavy atom. The van der Waals surface area contributed by atoms with Crippen molar-refractivity contribution in [3.8, 4) is 5.69 Å². The fourth-order valence-corrected chi connectivity index (χ4v) is 2.81. The van der Waals surface area contributed by atoms with Gasteiger partial charge in [0.05, 0.1) is 23.3 Å². The number of nitrogens with zero attached hydrogens (tertiary/aromatic N) is 2. The third-order valence-electron chi connectivity index (χ3n) is 3.74. The van der Waals surface area contributed by atoms with Crippen LogP contribution in [0.1, 0.15) is 40.2 Å². The topological polar surface area (TPSA) is 55.1 Å². The monoisotopic (exact) mass is 256 g/mol. The zero-order valence-electron chi connectivity index (χ0n) is 10.9. The molecule has 1 aromatic heterocycles. The number of fused-ring (bicyclic) bond motifs is 1. The summed E-state index contributed by atoms with van der Waals surface area (Å²) in [4.78, 5) is 15.8. The van der Waals surface area contributed by atoms with Gasteiger partial charge in [-0.25, -0.2) is 9.78 Å². The Labute approximate surface area is 111 Å². The van der Waals surface area contributed by atoms with Gasteiger partial charge >= 0.3 is 5.97 Å². The van der Waals surface area contributed by atoms with Crippen LogP contribution >= 0.6 is 0 Å². The molecule has 4 nitrogen and oxygen atoms in total. The number of carboxylic acid groups (broad SMARTS) is 1. The van der Waals surface area contributed by atoms with Crippen molar-refractivity contribution in [1.29, 1.82) is 0 Å². The van der Waals surface area contributed by atoms with Crippen molar-refractivity contribution in [1.82, 2.24) is 9.55 Å². The van der Waals surface area contributed by atoms with Crippen LogP contribution in [0.15, 0.2) is 24.5 Å². The second-order valence-corrected chi connectivity index (χ2v) is 4.99. The fourth-order valence-electron chi connectivity index (χ4n) is 2.81. The number of benzene rings is 1. The van der Waals surface area contributed by atoms with Gasteiger partial charge in [-0.1, -0.05) is 12.1 Å². The molecule has 0 aliphatic heterocycles. The number of aryl methyl sites for hydroxylation is 2. The van der Waals surface area contributed by atoms with E-state index in [0.717, 1.165) is 36.2 Å². The molecule has 0 fully saturated rings. The number of rotatable bonds is 2. The van der Waals surface area contributed by atoms with Crippen molar-refractivity contribution in [2.45, 2.75) is 32.6 Å². The molecular weight excluding hydrogens is 240 g/mol. The lowest BCUT2D eigenvalue weighted by atomic mass is 10.00. The van der Waals surface area contributed by atoms with Crippen LogP contribution in [0.25, 0.3) is 5.69 Å². The Balaban J connectivity index is 2.22. The summed E-state index contributed by atoms with van der Waals surface area (Å²) in [5.74, 6) is -0.892. The largest absolute Gasteiger partial charge is 0.478 e. The van der Waals surface area contributed by atoms with E-state index in [-0.39, 0.29) is 0 Å².